The Morgan fingerprint density at radius 1 is 1.39 bits per heavy atom. The van der Waals surface area contributed by atoms with Gasteiger partial charge in [0.15, 0.2) is 6.10 Å². The molecular formula is C16H21N3O3S. The number of rotatable bonds is 5. The molecule has 0 aromatic carbocycles. The van der Waals surface area contributed by atoms with E-state index in [4.69, 9.17) is 9.15 Å². The van der Waals surface area contributed by atoms with E-state index < -0.39 is 0 Å². The molecule has 0 spiro atoms. The molecule has 3 heterocycles. The van der Waals surface area contributed by atoms with Gasteiger partial charge < -0.3 is 14.1 Å². The molecule has 0 radical (unpaired) electrons. The van der Waals surface area contributed by atoms with Gasteiger partial charge in [0.05, 0.1) is 13.2 Å². The Balaban J connectivity index is 1.48. The van der Waals surface area contributed by atoms with Crippen LogP contribution in [0.5, 0.6) is 0 Å². The van der Waals surface area contributed by atoms with Crippen molar-refractivity contribution in [2.45, 2.75) is 39.2 Å². The molecule has 1 aliphatic rings. The smallest absolute Gasteiger partial charge is 0.246 e. The van der Waals surface area contributed by atoms with Crippen LogP contribution in [0.3, 0.4) is 0 Å². The van der Waals surface area contributed by atoms with Gasteiger partial charge in [-0.25, -0.2) is 0 Å². The largest absolute Gasteiger partial charge is 0.423 e. The van der Waals surface area contributed by atoms with Crippen LogP contribution in [-0.4, -0.2) is 40.7 Å². The second kappa shape index (κ2) is 7.23. The highest BCUT2D eigenvalue weighted by Gasteiger charge is 2.28. The lowest BCUT2D eigenvalue weighted by atomic mass is 10.2. The zero-order valence-corrected chi connectivity index (χ0v) is 14.3. The van der Waals surface area contributed by atoms with Crippen LogP contribution in [0.1, 0.15) is 40.5 Å². The predicted octanol–water partition coefficient (Wildman–Crippen LogP) is 2.67. The molecule has 1 amide bonds. The molecule has 1 atom stereocenters. The quantitative estimate of drug-likeness (QED) is 0.840. The first kappa shape index (κ1) is 16.1. The molecule has 0 aliphatic carbocycles. The molecule has 1 aliphatic heterocycles. The van der Waals surface area contributed by atoms with Gasteiger partial charge in [0.2, 0.25) is 17.7 Å². The summed E-state index contributed by atoms with van der Waals surface area (Å²) >= 11 is 1.80. The lowest BCUT2D eigenvalue weighted by molar-refractivity contribution is -0.140. The van der Waals surface area contributed by atoms with Crippen LogP contribution >= 0.6 is 11.3 Å². The number of carbonyl (C=O) groups is 1. The van der Waals surface area contributed by atoms with E-state index in [2.05, 4.69) is 29.3 Å². The van der Waals surface area contributed by atoms with E-state index in [0.717, 1.165) is 12.8 Å². The molecule has 23 heavy (non-hydrogen) atoms. The van der Waals surface area contributed by atoms with Crippen molar-refractivity contribution in [1.82, 2.24) is 15.1 Å². The third kappa shape index (κ3) is 4.17. The molecule has 2 aromatic rings. The number of hydrogen-bond acceptors (Lipinski definition) is 6. The van der Waals surface area contributed by atoms with E-state index in [1.54, 1.807) is 18.3 Å². The van der Waals surface area contributed by atoms with E-state index in [0.29, 0.717) is 37.9 Å². The first-order valence-electron chi connectivity index (χ1n) is 7.86. The number of hydrogen-bond donors (Lipinski definition) is 0. The molecule has 6 nitrogen and oxygen atoms in total. The van der Waals surface area contributed by atoms with Crippen molar-refractivity contribution in [1.29, 1.82) is 0 Å². The molecule has 3 rings (SSSR count). The normalized spacial score (nSPS) is 18.3. The molecule has 1 saturated heterocycles. The first-order chi connectivity index (χ1) is 11.1. The highest BCUT2D eigenvalue weighted by Crippen LogP contribution is 2.22. The average molecular weight is 335 g/mol. The molecule has 124 valence electrons. The summed E-state index contributed by atoms with van der Waals surface area (Å²) in [7, 11) is 0. The summed E-state index contributed by atoms with van der Waals surface area (Å²) in [5, 5.41) is 7.81. The Morgan fingerprint density at radius 2 is 2.26 bits per heavy atom. The summed E-state index contributed by atoms with van der Waals surface area (Å²) in [6, 6.07) is 4.27. The Labute approximate surface area is 139 Å². The highest BCUT2D eigenvalue weighted by molar-refractivity contribution is 7.11. The number of aryl methyl sites for hydroxylation is 3. The van der Waals surface area contributed by atoms with Gasteiger partial charge >= 0.3 is 0 Å². The molecule has 7 heteroatoms. The highest BCUT2D eigenvalue weighted by atomic mass is 32.1. The van der Waals surface area contributed by atoms with Crippen LogP contribution in [0.15, 0.2) is 16.5 Å². The maximum Gasteiger partial charge on any atom is 0.246 e. The standard InChI is InChI=1S/C16H21N3O3S/c1-11-6-7-13(23-11)4-3-5-15(20)19-8-9-21-14(10-19)16-18-17-12(2)22-16/h6-7,14H,3-5,8-10H2,1-2H3. The monoisotopic (exact) mass is 335 g/mol. The van der Waals surface area contributed by atoms with Gasteiger partial charge in [0.1, 0.15) is 0 Å². The van der Waals surface area contributed by atoms with E-state index >= 15 is 0 Å². The third-order valence-electron chi connectivity index (χ3n) is 3.85. The van der Waals surface area contributed by atoms with Crippen molar-refractivity contribution < 1.29 is 13.9 Å². The molecular weight excluding hydrogens is 314 g/mol. The Bertz CT molecular complexity index is 667. The minimum absolute atomic E-state index is 0.169. The number of amides is 1. The van der Waals surface area contributed by atoms with Crippen molar-refractivity contribution in [3.8, 4) is 0 Å². The number of ether oxygens (including phenoxy) is 1. The lowest BCUT2D eigenvalue weighted by Crippen LogP contribution is -2.42. The van der Waals surface area contributed by atoms with Crippen LogP contribution in [0, 0.1) is 13.8 Å². The SMILES string of the molecule is Cc1nnc(C2CN(C(=O)CCCc3ccc(C)s3)CCO2)o1. The minimum Gasteiger partial charge on any atom is -0.423 e. The van der Waals surface area contributed by atoms with Gasteiger partial charge in [-0.15, -0.1) is 21.5 Å². The van der Waals surface area contributed by atoms with Crippen LogP contribution in [0.4, 0.5) is 0 Å². The third-order valence-corrected chi connectivity index (χ3v) is 4.91. The fourth-order valence-corrected chi connectivity index (χ4v) is 3.59. The summed E-state index contributed by atoms with van der Waals surface area (Å²) in [6.07, 6.45) is 2.09. The Hall–Kier alpha value is -1.73. The summed E-state index contributed by atoms with van der Waals surface area (Å²) < 4.78 is 11.1. The van der Waals surface area contributed by atoms with Gasteiger partial charge in [-0.3, -0.25) is 4.79 Å². The van der Waals surface area contributed by atoms with Crippen molar-refractivity contribution in [2.24, 2.45) is 0 Å². The topological polar surface area (TPSA) is 68.5 Å². The summed E-state index contributed by atoms with van der Waals surface area (Å²) in [6.45, 7) is 5.46. The van der Waals surface area contributed by atoms with Gasteiger partial charge in [0, 0.05) is 29.6 Å². The summed E-state index contributed by atoms with van der Waals surface area (Å²) in [5.74, 6) is 1.13. The van der Waals surface area contributed by atoms with Crippen LogP contribution in [0.2, 0.25) is 0 Å². The van der Waals surface area contributed by atoms with Crippen molar-refractivity contribution >= 4 is 17.2 Å². The molecule has 1 fully saturated rings. The van der Waals surface area contributed by atoms with Crippen LogP contribution in [-0.2, 0) is 16.0 Å². The van der Waals surface area contributed by atoms with Crippen molar-refractivity contribution in [3.05, 3.63) is 33.7 Å². The van der Waals surface area contributed by atoms with Crippen LogP contribution < -0.4 is 0 Å². The summed E-state index contributed by atoms with van der Waals surface area (Å²) in [5.41, 5.74) is 0. The Kier molecular flexibility index (Phi) is 5.07. The van der Waals surface area contributed by atoms with E-state index in [9.17, 15) is 4.79 Å². The average Bonchev–Trinajstić information content (AvgIpc) is 3.16. The molecule has 2 aromatic heterocycles. The van der Waals surface area contributed by atoms with E-state index in [-0.39, 0.29) is 12.0 Å². The molecule has 1 unspecified atom stereocenters. The fourth-order valence-electron chi connectivity index (χ4n) is 2.66. The fraction of sp³-hybridized carbons (Fsp3) is 0.562. The number of carbonyl (C=O) groups excluding carboxylic acids is 1. The van der Waals surface area contributed by atoms with E-state index in [1.165, 1.54) is 9.75 Å². The molecule has 0 N–H and O–H groups in total. The number of nitrogens with zero attached hydrogens (tertiary/aromatic N) is 3. The van der Waals surface area contributed by atoms with Gasteiger partial charge in [-0.1, -0.05) is 0 Å². The number of thiophene rings is 1. The summed E-state index contributed by atoms with van der Waals surface area (Å²) in [4.78, 5) is 16.9. The van der Waals surface area contributed by atoms with E-state index in [1.807, 2.05) is 4.90 Å². The first-order valence-corrected chi connectivity index (χ1v) is 8.68. The lowest BCUT2D eigenvalue weighted by Gasteiger charge is -2.31. The molecule has 0 bridgehead atoms. The number of morpholine rings is 1. The predicted molar refractivity (Wildman–Crippen MR) is 86.3 cm³/mol. The maximum absolute atomic E-state index is 12.4. The van der Waals surface area contributed by atoms with Gasteiger partial charge in [0.25, 0.3) is 0 Å². The zero-order chi connectivity index (χ0) is 16.2. The van der Waals surface area contributed by atoms with Crippen molar-refractivity contribution in [2.75, 3.05) is 19.7 Å². The van der Waals surface area contributed by atoms with Gasteiger partial charge in [-0.2, -0.15) is 0 Å². The molecule has 0 saturated carbocycles. The van der Waals surface area contributed by atoms with Crippen LogP contribution in [0.25, 0.3) is 0 Å². The van der Waals surface area contributed by atoms with Crippen molar-refractivity contribution in [3.63, 3.8) is 0 Å². The van der Waals surface area contributed by atoms with Gasteiger partial charge in [-0.05, 0) is 31.9 Å². The minimum atomic E-state index is -0.311. The second-order valence-electron chi connectivity index (χ2n) is 5.72. The zero-order valence-electron chi connectivity index (χ0n) is 13.4. The maximum atomic E-state index is 12.4. The Morgan fingerprint density at radius 3 is 2.96 bits per heavy atom. The second-order valence-corrected chi connectivity index (χ2v) is 7.10. The number of aromatic nitrogens is 2.